The standard InChI is InChI=1S/C14H24N4O/c1-11-9-14(13(10-15)12(2)16-11)18-5-3-17(4-6-18)7-8-19/h9,19H,3-8,10,15H2,1-2H3. The number of hydrogen-bond acceptors (Lipinski definition) is 5. The zero-order valence-electron chi connectivity index (χ0n) is 11.9. The average molecular weight is 264 g/mol. The maximum Gasteiger partial charge on any atom is 0.0558 e. The van der Waals surface area contributed by atoms with Crippen molar-refractivity contribution in [2.24, 2.45) is 5.73 Å². The minimum absolute atomic E-state index is 0.238. The van der Waals surface area contributed by atoms with E-state index < -0.39 is 0 Å². The van der Waals surface area contributed by atoms with Crippen LogP contribution in [0, 0.1) is 13.8 Å². The van der Waals surface area contributed by atoms with Gasteiger partial charge in [0.1, 0.15) is 0 Å². The summed E-state index contributed by atoms with van der Waals surface area (Å²) in [6.45, 7) is 9.54. The van der Waals surface area contributed by atoms with Crippen molar-refractivity contribution in [2.75, 3.05) is 44.2 Å². The maximum atomic E-state index is 8.98. The van der Waals surface area contributed by atoms with E-state index in [0.29, 0.717) is 6.54 Å². The maximum absolute atomic E-state index is 8.98. The normalized spacial score (nSPS) is 16.9. The van der Waals surface area contributed by atoms with E-state index in [-0.39, 0.29) is 6.61 Å². The van der Waals surface area contributed by atoms with Crippen LogP contribution in [-0.4, -0.2) is 54.3 Å². The molecule has 19 heavy (non-hydrogen) atoms. The van der Waals surface area contributed by atoms with Gasteiger partial charge in [-0.05, 0) is 19.9 Å². The van der Waals surface area contributed by atoms with Crippen molar-refractivity contribution in [1.82, 2.24) is 9.88 Å². The minimum atomic E-state index is 0.238. The molecule has 1 aliphatic heterocycles. The molecule has 0 saturated carbocycles. The highest BCUT2D eigenvalue weighted by Gasteiger charge is 2.19. The first-order valence-corrected chi connectivity index (χ1v) is 6.91. The molecule has 1 fully saturated rings. The first kappa shape index (κ1) is 14.2. The molecule has 1 aromatic heterocycles. The molecule has 1 aromatic rings. The molecule has 0 bridgehead atoms. The molecular formula is C14H24N4O. The number of aryl methyl sites for hydroxylation is 2. The summed E-state index contributed by atoms with van der Waals surface area (Å²) in [7, 11) is 0. The van der Waals surface area contributed by atoms with E-state index >= 15 is 0 Å². The first-order chi connectivity index (χ1) is 9.15. The van der Waals surface area contributed by atoms with Crippen LogP contribution in [-0.2, 0) is 6.54 Å². The number of rotatable bonds is 4. The molecule has 5 heteroatoms. The summed E-state index contributed by atoms with van der Waals surface area (Å²) in [5.74, 6) is 0. The average Bonchev–Trinajstić information content (AvgIpc) is 2.39. The van der Waals surface area contributed by atoms with Crippen LogP contribution in [0.1, 0.15) is 17.0 Å². The topological polar surface area (TPSA) is 65.6 Å². The van der Waals surface area contributed by atoms with Crippen LogP contribution < -0.4 is 10.6 Å². The highest BCUT2D eigenvalue weighted by molar-refractivity contribution is 5.56. The third kappa shape index (κ3) is 3.23. The number of piperazine rings is 1. The Morgan fingerprint density at radius 2 is 1.95 bits per heavy atom. The van der Waals surface area contributed by atoms with E-state index in [2.05, 4.69) is 20.9 Å². The highest BCUT2D eigenvalue weighted by atomic mass is 16.3. The van der Waals surface area contributed by atoms with Crippen molar-refractivity contribution in [2.45, 2.75) is 20.4 Å². The molecule has 3 N–H and O–H groups in total. The van der Waals surface area contributed by atoms with E-state index in [1.54, 1.807) is 0 Å². The summed E-state index contributed by atoms with van der Waals surface area (Å²) in [5, 5.41) is 8.98. The van der Waals surface area contributed by atoms with E-state index in [9.17, 15) is 0 Å². The summed E-state index contributed by atoms with van der Waals surface area (Å²) in [6, 6.07) is 2.14. The monoisotopic (exact) mass is 264 g/mol. The second-order valence-corrected chi connectivity index (χ2v) is 5.10. The molecule has 1 saturated heterocycles. The van der Waals surface area contributed by atoms with Gasteiger partial charge in [0.15, 0.2) is 0 Å². The van der Waals surface area contributed by atoms with Crippen LogP contribution in [0.3, 0.4) is 0 Å². The first-order valence-electron chi connectivity index (χ1n) is 6.91. The van der Waals surface area contributed by atoms with Crippen molar-refractivity contribution in [3.05, 3.63) is 23.0 Å². The zero-order chi connectivity index (χ0) is 13.8. The molecule has 0 radical (unpaired) electrons. The molecule has 2 rings (SSSR count). The number of nitrogens with two attached hydrogens (primary N) is 1. The Balaban J connectivity index is 2.15. The predicted molar refractivity (Wildman–Crippen MR) is 77.3 cm³/mol. The van der Waals surface area contributed by atoms with Crippen molar-refractivity contribution in [1.29, 1.82) is 0 Å². The van der Waals surface area contributed by atoms with Crippen LogP contribution >= 0.6 is 0 Å². The molecule has 2 heterocycles. The summed E-state index contributed by atoms with van der Waals surface area (Å²) in [5.41, 5.74) is 10.3. The van der Waals surface area contributed by atoms with E-state index in [4.69, 9.17) is 10.8 Å². The number of anilines is 1. The van der Waals surface area contributed by atoms with Crippen LogP contribution in [0.4, 0.5) is 5.69 Å². The smallest absolute Gasteiger partial charge is 0.0558 e. The van der Waals surface area contributed by atoms with Gasteiger partial charge >= 0.3 is 0 Å². The van der Waals surface area contributed by atoms with Crippen LogP contribution in [0.5, 0.6) is 0 Å². The second kappa shape index (κ2) is 6.32. The summed E-state index contributed by atoms with van der Waals surface area (Å²) >= 11 is 0. The number of β-amino-alcohol motifs (C(OH)–C–C–N with tert-alkyl or cyclic N) is 1. The van der Waals surface area contributed by atoms with Gasteiger partial charge in [-0.1, -0.05) is 0 Å². The minimum Gasteiger partial charge on any atom is -0.395 e. The number of aliphatic hydroxyl groups excluding tert-OH is 1. The Hall–Kier alpha value is -1.17. The Bertz CT molecular complexity index is 428. The second-order valence-electron chi connectivity index (χ2n) is 5.10. The SMILES string of the molecule is Cc1cc(N2CCN(CCO)CC2)c(CN)c(C)n1. The van der Waals surface area contributed by atoms with Crippen molar-refractivity contribution >= 4 is 5.69 Å². The number of nitrogens with zero attached hydrogens (tertiary/aromatic N) is 3. The van der Waals surface area contributed by atoms with Crippen LogP contribution in [0.2, 0.25) is 0 Å². The highest BCUT2D eigenvalue weighted by Crippen LogP contribution is 2.24. The zero-order valence-corrected chi connectivity index (χ0v) is 11.9. The number of aliphatic hydroxyl groups is 1. The van der Waals surface area contributed by atoms with Gasteiger partial charge in [-0.2, -0.15) is 0 Å². The van der Waals surface area contributed by atoms with E-state index in [1.165, 1.54) is 5.69 Å². The largest absolute Gasteiger partial charge is 0.395 e. The van der Waals surface area contributed by atoms with Crippen LogP contribution in [0.25, 0.3) is 0 Å². The van der Waals surface area contributed by atoms with E-state index in [1.807, 2.05) is 13.8 Å². The number of pyridine rings is 1. The fraction of sp³-hybridized carbons (Fsp3) is 0.643. The Kier molecular flexibility index (Phi) is 4.74. The summed E-state index contributed by atoms with van der Waals surface area (Å²) in [6.07, 6.45) is 0. The van der Waals surface area contributed by atoms with Gasteiger partial charge in [-0.25, -0.2) is 0 Å². The van der Waals surface area contributed by atoms with Gasteiger partial charge in [0.05, 0.1) is 6.61 Å². The number of aromatic nitrogens is 1. The third-order valence-corrected chi connectivity index (χ3v) is 3.77. The quantitative estimate of drug-likeness (QED) is 0.817. The molecule has 1 aliphatic rings. The predicted octanol–water partition coefficient (Wildman–Crippen LogP) is 0.271. The Morgan fingerprint density at radius 1 is 1.26 bits per heavy atom. The molecule has 0 unspecified atom stereocenters. The Morgan fingerprint density at radius 3 is 2.53 bits per heavy atom. The molecule has 5 nitrogen and oxygen atoms in total. The number of hydrogen-bond donors (Lipinski definition) is 2. The molecule has 106 valence electrons. The Labute approximate surface area is 115 Å². The van der Waals surface area contributed by atoms with Crippen molar-refractivity contribution in [3.63, 3.8) is 0 Å². The lowest BCUT2D eigenvalue weighted by Crippen LogP contribution is -2.47. The molecule has 0 amide bonds. The summed E-state index contributed by atoms with van der Waals surface area (Å²) in [4.78, 5) is 9.17. The van der Waals surface area contributed by atoms with Gasteiger partial charge in [0.25, 0.3) is 0 Å². The van der Waals surface area contributed by atoms with Crippen LogP contribution in [0.15, 0.2) is 6.07 Å². The van der Waals surface area contributed by atoms with Gasteiger partial charge in [0, 0.05) is 61.9 Å². The van der Waals surface area contributed by atoms with Crippen molar-refractivity contribution < 1.29 is 5.11 Å². The molecule has 0 aromatic carbocycles. The van der Waals surface area contributed by atoms with Crippen molar-refractivity contribution in [3.8, 4) is 0 Å². The molecule has 0 aliphatic carbocycles. The lowest BCUT2D eigenvalue weighted by Gasteiger charge is -2.37. The third-order valence-electron chi connectivity index (χ3n) is 3.77. The molecule has 0 atom stereocenters. The fourth-order valence-corrected chi connectivity index (χ4v) is 2.72. The molecular weight excluding hydrogens is 240 g/mol. The lowest BCUT2D eigenvalue weighted by atomic mass is 10.1. The molecule has 0 spiro atoms. The van der Waals surface area contributed by atoms with E-state index in [0.717, 1.165) is 49.7 Å². The van der Waals surface area contributed by atoms with Gasteiger partial charge in [0.2, 0.25) is 0 Å². The lowest BCUT2D eigenvalue weighted by molar-refractivity contribution is 0.188. The fourth-order valence-electron chi connectivity index (χ4n) is 2.72. The van der Waals surface area contributed by atoms with Gasteiger partial charge in [-0.15, -0.1) is 0 Å². The summed E-state index contributed by atoms with van der Waals surface area (Å²) < 4.78 is 0. The van der Waals surface area contributed by atoms with Gasteiger partial charge in [-0.3, -0.25) is 9.88 Å². The van der Waals surface area contributed by atoms with Gasteiger partial charge < -0.3 is 15.7 Å².